The molecule has 1 unspecified atom stereocenters. The van der Waals surface area contributed by atoms with E-state index in [1.165, 1.54) is 43.5 Å². The second-order valence-corrected chi connectivity index (χ2v) is 5.18. The number of nitrogens with two attached hydrogens (primary N) is 1. The Morgan fingerprint density at radius 2 is 1.76 bits per heavy atom. The van der Waals surface area contributed by atoms with E-state index in [2.05, 4.69) is 36.1 Å². The van der Waals surface area contributed by atoms with Gasteiger partial charge in [-0.05, 0) is 44.8 Å². The molecule has 17 heavy (non-hydrogen) atoms. The summed E-state index contributed by atoms with van der Waals surface area (Å²) in [4.78, 5) is 2.57. The van der Waals surface area contributed by atoms with E-state index >= 15 is 0 Å². The van der Waals surface area contributed by atoms with Crippen LogP contribution < -0.4 is 5.73 Å². The molecule has 2 nitrogen and oxygen atoms in total. The van der Waals surface area contributed by atoms with Crippen molar-refractivity contribution in [2.45, 2.75) is 38.6 Å². The Kier molecular flexibility index (Phi) is 4.57. The molecule has 0 bridgehead atoms. The van der Waals surface area contributed by atoms with Gasteiger partial charge >= 0.3 is 0 Å². The number of benzene rings is 1. The molecule has 1 aliphatic heterocycles. The van der Waals surface area contributed by atoms with Crippen LogP contribution in [0.1, 0.15) is 30.4 Å². The summed E-state index contributed by atoms with van der Waals surface area (Å²) < 4.78 is 0. The Bertz CT molecular complexity index is 325. The molecule has 1 fully saturated rings. The maximum atomic E-state index is 5.94. The normalized spacial score (nSPS) is 19.2. The van der Waals surface area contributed by atoms with E-state index in [0.29, 0.717) is 6.04 Å². The monoisotopic (exact) mass is 232 g/mol. The van der Waals surface area contributed by atoms with Gasteiger partial charge in [-0.2, -0.15) is 0 Å². The van der Waals surface area contributed by atoms with Crippen LogP contribution in [0, 0.1) is 6.92 Å². The van der Waals surface area contributed by atoms with E-state index < -0.39 is 0 Å². The van der Waals surface area contributed by atoms with Crippen molar-refractivity contribution >= 4 is 0 Å². The number of piperidine rings is 1. The van der Waals surface area contributed by atoms with Crippen molar-refractivity contribution in [3.63, 3.8) is 0 Å². The van der Waals surface area contributed by atoms with Crippen molar-refractivity contribution in [2.24, 2.45) is 5.73 Å². The van der Waals surface area contributed by atoms with Crippen LogP contribution in [-0.2, 0) is 6.42 Å². The van der Waals surface area contributed by atoms with Gasteiger partial charge in [0.05, 0.1) is 0 Å². The minimum absolute atomic E-state index is 0.526. The zero-order valence-corrected chi connectivity index (χ0v) is 10.9. The van der Waals surface area contributed by atoms with Gasteiger partial charge in [0.2, 0.25) is 0 Å². The number of hydrogen-bond acceptors (Lipinski definition) is 2. The van der Waals surface area contributed by atoms with Crippen molar-refractivity contribution < 1.29 is 0 Å². The second-order valence-electron chi connectivity index (χ2n) is 5.18. The number of rotatable bonds is 4. The Morgan fingerprint density at radius 1 is 1.12 bits per heavy atom. The lowest BCUT2D eigenvalue weighted by molar-refractivity contribution is 0.166. The molecule has 1 aromatic carbocycles. The molecule has 1 aromatic rings. The topological polar surface area (TPSA) is 29.3 Å². The highest BCUT2D eigenvalue weighted by Gasteiger charge is 2.19. The lowest BCUT2D eigenvalue weighted by Crippen LogP contribution is -2.44. The molecule has 2 N–H and O–H groups in total. The molecule has 0 radical (unpaired) electrons. The van der Waals surface area contributed by atoms with Crippen LogP contribution in [0.5, 0.6) is 0 Å². The van der Waals surface area contributed by atoms with Gasteiger partial charge in [0.15, 0.2) is 0 Å². The Morgan fingerprint density at radius 3 is 2.35 bits per heavy atom. The molecule has 2 heteroatoms. The summed E-state index contributed by atoms with van der Waals surface area (Å²) >= 11 is 0. The van der Waals surface area contributed by atoms with Crippen molar-refractivity contribution in [1.29, 1.82) is 0 Å². The zero-order chi connectivity index (χ0) is 12.1. The third kappa shape index (κ3) is 3.55. The average Bonchev–Trinajstić information content (AvgIpc) is 2.39. The van der Waals surface area contributed by atoms with Crippen molar-refractivity contribution in [1.82, 2.24) is 4.90 Å². The number of aryl methyl sites for hydroxylation is 1. The quantitative estimate of drug-likeness (QED) is 0.863. The molecule has 1 atom stereocenters. The number of nitrogens with zero attached hydrogens (tertiary/aromatic N) is 1. The fraction of sp³-hybridized carbons (Fsp3) is 0.600. The van der Waals surface area contributed by atoms with Gasteiger partial charge in [0.1, 0.15) is 0 Å². The molecule has 1 heterocycles. The van der Waals surface area contributed by atoms with Crippen LogP contribution in [-0.4, -0.2) is 30.6 Å². The van der Waals surface area contributed by atoms with Crippen molar-refractivity contribution in [3.8, 4) is 0 Å². The summed E-state index contributed by atoms with van der Waals surface area (Å²) in [6.07, 6.45) is 5.16. The molecule has 1 saturated heterocycles. The zero-order valence-electron chi connectivity index (χ0n) is 10.9. The van der Waals surface area contributed by atoms with Gasteiger partial charge in [-0.1, -0.05) is 36.2 Å². The molecule has 0 aromatic heterocycles. The SMILES string of the molecule is Cc1ccc(CC(CN)N2CCCCC2)cc1. The molecule has 0 spiro atoms. The molecular weight excluding hydrogens is 208 g/mol. The largest absolute Gasteiger partial charge is 0.329 e. The highest BCUT2D eigenvalue weighted by molar-refractivity contribution is 5.22. The molecule has 0 aliphatic carbocycles. The predicted octanol–water partition coefficient (Wildman–Crippen LogP) is 2.35. The molecule has 1 aliphatic rings. The standard InChI is InChI=1S/C15H24N2/c1-13-5-7-14(8-6-13)11-15(12-16)17-9-3-2-4-10-17/h5-8,15H,2-4,9-12,16H2,1H3. The Labute approximate surface area is 105 Å². The fourth-order valence-corrected chi connectivity index (χ4v) is 2.64. The van der Waals surface area contributed by atoms with Crippen LogP contribution in [0.15, 0.2) is 24.3 Å². The summed E-state index contributed by atoms with van der Waals surface area (Å²) in [5, 5.41) is 0. The first-order valence-electron chi connectivity index (χ1n) is 6.79. The summed E-state index contributed by atoms with van der Waals surface area (Å²) in [6, 6.07) is 9.39. The summed E-state index contributed by atoms with van der Waals surface area (Å²) in [7, 11) is 0. The highest BCUT2D eigenvalue weighted by Crippen LogP contribution is 2.15. The third-order valence-corrected chi connectivity index (χ3v) is 3.77. The number of likely N-dealkylation sites (tertiary alicyclic amines) is 1. The van der Waals surface area contributed by atoms with Crippen molar-refractivity contribution in [2.75, 3.05) is 19.6 Å². The lowest BCUT2D eigenvalue weighted by Gasteiger charge is -2.34. The van der Waals surface area contributed by atoms with E-state index in [1.54, 1.807) is 0 Å². The first kappa shape index (κ1) is 12.6. The second kappa shape index (κ2) is 6.18. The molecule has 0 saturated carbocycles. The molecule has 0 amide bonds. The van der Waals surface area contributed by atoms with Gasteiger partial charge in [0.25, 0.3) is 0 Å². The number of hydrogen-bond donors (Lipinski definition) is 1. The average molecular weight is 232 g/mol. The lowest BCUT2D eigenvalue weighted by atomic mass is 10.0. The maximum absolute atomic E-state index is 5.94. The van der Waals surface area contributed by atoms with E-state index in [0.717, 1.165) is 13.0 Å². The molecule has 2 rings (SSSR count). The van der Waals surface area contributed by atoms with Crippen LogP contribution in [0.3, 0.4) is 0 Å². The minimum Gasteiger partial charge on any atom is -0.329 e. The Balaban J connectivity index is 1.96. The van der Waals surface area contributed by atoms with Gasteiger partial charge in [-0.15, -0.1) is 0 Å². The van der Waals surface area contributed by atoms with Crippen LogP contribution in [0.4, 0.5) is 0 Å². The summed E-state index contributed by atoms with van der Waals surface area (Å²) in [5.74, 6) is 0. The van der Waals surface area contributed by atoms with Gasteiger partial charge in [-0.3, -0.25) is 4.90 Å². The van der Waals surface area contributed by atoms with Crippen LogP contribution in [0.2, 0.25) is 0 Å². The van der Waals surface area contributed by atoms with Gasteiger partial charge in [0, 0.05) is 12.6 Å². The summed E-state index contributed by atoms with van der Waals surface area (Å²) in [5.41, 5.74) is 8.68. The van der Waals surface area contributed by atoms with Crippen LogP contribution >= 0.6 is 0 Å². The molecular formula is C15H24N2. The van der Waals surface area contributed by atoms with Crippen LogP contribution in [0.25, 0.3) is 0 Å². The third-order valence-electron chi connectivity index (χ3n) is 3.77. The first-order valence-corrected chi connectivity index (χ1v) is 6.79. The van der Waals surface area contributed by atoms with E-state index in [9.17, 15) is 0 Å². The maximum Gasteiger partial charge on any atom is 0.0258 e. The smallest absolute Gasteiger partial charge is 0.0258 e. The molecule has 94 valence electrons. The van der Waals surface area contributed by atoms with E-state index in [4.69, 9.17) is 5.73 Å². The Hall–Kier alpha value is -0.860. The van der Waals surface area contributed by atoms with Crippen molar-refractivity contribution in [3.05, 3.63) is 35.4 Å². The summed E-state index contributed by atoms with van der Waals surface area (Å²) in [6.45, 7) is 5.37. The predicted molar refractivity (Wildman–Crippen MR) is 73.1 cm³/mol. The van der Waals surface area contributed by atoms with Gasteiger partial charge in [-0.25, -0.2) is 0 Å². The van der Waals surface area contributed by atoms with E-state index in [-0.39, 0.29) is 0 Å². The van der Waals surface area contributed by atoms with E-state index in [1.807, 2.05) is 0 Å². The van der Waals surface area contributed by atoms with Gasteiger partial charge < -0.3 is 5.73 Å². The minimum atomic E-state index is 0.526. The first-order chi connectivity index (χ1) is 8.29. The fourth-order valence-electron chi connectivity index (χ4n) is 2.64. The highest BCUT2D eigenvalue weighted by atomic mass is 15.2.